The van der Waals surface area contributed by atoms with Gasteiger partial charge in [-0.05, 0) is 17.7 Å². The molecule has 0 spiro atoms. The molecule has 0 atom stereocenters. The van der Waals surface area contributed by atoms with Crippen molar-refractivity contribution in [2.75, 3.05) is 46.9 Å². The van der Waals surface area contributed by atoms with Crippen molar-refractivity contribution in [1.82, 2.24) is 15.1 Å². The van der Waals surface area contributed by atoms with E-state index in [2.05, 4.69) is 19.2 Å². The van der Waals surface area contributed by atoms with E-state index in [1.807, 2.05) is 18.2 Å². The van der Waals surface area contributed by atoms with Gasteiger partial charge in [0.25, 0.3) is 0 Å². The van der Waals surface area contributed by atoms with Gasteiger partial charge in [0.1, 0.15) is 0 Å². The summed E-state index contributed by atoms with van der Waals surface area (Å²) in [7, 11) is 3.21. The van der Waals surface area contributed by atoms with Crippen molar-refractivity contribution < 1.29 is 19.1 Å². The van der Waals surface area contributed by atoms with E-state index < -0.39 is 0 Å². The molecule has 1 aliphatic heterocycles. The molecule has 1 aromatic rings. The fourth-order valence-corrected chi connectivity index (χ4v) is 2.99. The maximum absolute atomic E-state index is 12.4. The van der Waals surface area contributed by atoms with Crippen LogP contribution in [0.5, 0.6) is 11.5 Å². The van der Waals surface area contributed by atoms with Crippen LogP contribution in [-0.2, 0) is 10.2 Å². The number of carbonyl (C=O) groups excluding carboxylic acids is 2. The van der Waals surface area contributed by atoms with Crippen LogP contribution in [0, 0.1) is 0 Å². The molecule has 0 aromatic heterocycles. The molecular formula is C19H29N3O4. The third-order valence-corrected chi connectivity index (χ3v) is 4.86. The van der Waals surface area contributed by atoms with Crippen LogP contribution in [0.3, 0.4) is 0 Å². The summed E-state index contributed by atoms with van der Waals surface area (Å²) in [6, 6.07) is 5.70. The Hall–Kier alpha value is -2.44. The molecular weight excluding hydrogens is 334 g/mol. The monoisotopic (exact) mass is 363 g/mol. The number of ether oxygens (including phenoxy) is 2. The van der Waals surface area contributed by atoms with Crippen molar-refractivity contribution >= 4 is 11.9 Å². The first-order valence-corrected chi connectivity index (χ1v) is 8.79. The van der Waals surface area contributed by atoms with Gasteiger partial charge in [-0.3, -0.25) is 4.79 Å². The second-order valence-electron chi connectivity index (χ2n) is 7.11. The molecule has 0 saturated carbocycles. The zero-order chi connectivity index (χ0) is 19.3. The van der Waals surface area contributed by atoms with Gasteiger partial charge in [-0.15, -0.1) is 0 Å². The van der Waals surface area contributed by atoms with Crippen molar-refractivity contribution in [2.45, 2.75) is 26.2 Å². The van der Waals surface area contributed by atoms with Crippen molar-refractivity contribution in [1.29, 1.82) is 0 Å². The summed E-state index contributed by atoms with van der Waals surface area (Å²) in [5.41, 5.74) is 0.785. The summed E-state index contributed by atoms with van der Waals surface area (Å²) < 4.78 is 10.6. The van der Waals surface area contributed by atoms with Crippen molar-refractivity contribution in [2.24, 2.45) is 0 Å². The molecule has 1 fully saturated rings. The average Bonchev–Trinajstić information content (AvgIpc) is 2.65. The van der Waals surface area contributed by atoms with E-state index in [9.17, 15) is 9.59 Å². The van der Waals surface area contributed by atoms with Crippen LogP contribution in [0.25, 0.3) is 0 Å². The van der Waals surface area contributed by atoms with Crippen LogP contribution in [-0.4, -0.2) is 68.7 Å². The third kappa shape index (κ3) is 4.59. The van der Waals surface area contributed by atoms with Crippen LogP contribution in [0.1, 0.15) is 26.3 Å². The molecule has 0 radical (unpaired) electrons. The molecule has 144 valence electrons. The first-order chi connectivity index (χ1) is 12.3. The number of urea groups is 1. The number of piperazine rings is 1. The summed E-state index contributed by atoms with van der Waals surface area (Å²) in [4.78, 5) is 27.3. The highest BCUT2D eigenvalue weighted by Gasteiger charge is 2.26. The predicted octanol–water partition coefficient (Wildman–Crippen LogP) is 1.86. The summed E-state index contributed by atoms with van der Waals surface area (Å²) in [6.45, 7) is 8.48. The lowest BCUT2D eigenvalue weighted by Gasteiger charge is -2.35. The normalized spacial score (nSPS) is 14.8. The number of benzene rings is 1. The molecule has 0 unspecified atom stereocenters. The first kappa shape index (κ1) is 19.9. The Bertz CT molecular complexity index is 652. The van der Waals surface area contributed by atoms with E-state index in [-0.39, 0.29) is 17.4 Å². The Kier molecular flexibility index (Phi) is 6.34. The van der Waals surface area contributed by atoms with E-state index >= 15 is 0 Å². The topological polar surface area (TPSA) is 71.1 Å². The number of amides is 3. The van der Waals surface area contributed by atoms with E-state index in [0.717, 1.165) is 5.56 Å². The van der Waals surface area contributed by atoms with Crippen LogP contribution in [0.15, 0.2) is 18.2 Å². The molecule has 7 nitrogen and oxygen atoms in total. The highest BCUT2D eigenvalue weighted by molar-refractivity contribution is 5.76. The molecule has 2 rings (SSSR count). The lowest BCUT2D eigenvalue weighted by Crippen LogP contribution is -2.53. The summed E-state index contributed by atoms with van der Waals surface area (Å²) in [5, 5.41) is 3.01. The fourth-order valence-electron chi connectivity index (χ4n) is 2.99. The average molecular weight is 363 g/mol. The minimum Gasteiger partial charge on any atom is -0.493 e. The van der Waals surface area contributed by atoms with E-state index in [1.165, 1.54) is 0 Å². The third-order valence-electron chi connectivity index (χ3n) is 4.86. The second kappa shape index (κ2) is 8.29. The Labute approximate surface area is 155 Å². The summed E-state index contributed by atoms with van der Waals surface area (Å²) in [5.74, 6) is 1.41. The minimum absolute atomic E-state index is 0.0552. The summed E-state index contributed by atoms with van der Waals surface area (Å²) in [6.07, 6.45) is 0. The number of rotatable bonds is 5. The predicted molar refractivity (Wildman–Crippen MR) is 99.8 cm³/mol. The highest BCUT2D eigenvalue weighted by Crippen LogP contribution is 2.32. The molecule has 26 heavy (non-hydrogen) atoms. The molecule has 0 aliphatic carbocycles. The molecule has 1 heterocycles. The highest BCUT2D eigenvalue weighted by atomic mass is 16.5. The Morgan fingerprint density at radius 2 is 1.62 bits per heavy atom. The number of carbonyl (C=O) groups is 2. The standard InChI is InChI=1S/C19H29N3O4/c1-14(23)21-8-10-22(11-9-21)18(24)20-13-19(2,3)15-6-7-16(25-4)17(12-15)26-5/h6-7,12H,8-11,13H2,1-5H3,(H,20,24). The zero-order valence-corrected chi connectivity index (χ0v) is 16.3. The molecule has 1 aromatic carbocycles. The molecule has 0 bridgehead atoms. The van der Waals surface area contributed by atoms with Crippen LogP contribution in [0.4, 0.5) is 4.79 Å². The minimum atomic E-state index is -0.267. The van der Waals surface area contributed by atoms with Gasteiger partial charge in [0, 0.05) is 45.1 Å². The van der Waals surface area contributed by atoms with Gasteiger partial charge >= 0.3 is 6.03 Å². The van der Waals surface area contributed by atoms with Crippen LogP contribution in [0.2, 0.25) is 0 Å². The lowest BCUT2D eigenvalue weighted by atomic mass is 9.84. The van der Waals surface area contributed by atoms with E-state index in [0.29, 0.717) is 44.2 Å². The Balaban J connectivity index is 1.95. The van der Waals surface area contributed by atoms with Crippen molar-refractivity contribution in [3.63, 3.8) is 0 Å². The van der Waals surface area contributed by atoms with Gasteiger partial charge in [-0.25, -0.2) is 4.79 Å². The van der Waals surface area contributed by atoms with Crippen molar-refractivity contribution in [3.8, 4) is 11.5 Å². The number of nitrogens with zero attached hydrogens (tertiary/aromatic N) is 2. The van der Waals surface area contributed by atoms with Gasteiger partial charge in [-0.1, -0.05) is 19.9 Å². The Morgan fingerprint density at radius 3 is 2.15 bits per heavy atom. The number of hydrogen-bond acceptors (Lipinski definition) is 4. The Morgan fingerprint density at radius 1 is 1.04 bits per heavy atom. The van der Waals surface area contributed by atoms with E-state index in [1.54, 1.807) is 30.9 Å². The van der Waals surface area contributed by atoms with Gasteiger partial charge in [0.05, 0.1) is 14.2 Å². The number of nitrogens with one attached hydrogen (secondary N) is 1. The maximum Gasteiger partial charge on any atom is 0.317 e. The zero-order valence-electron chi connectivity index (χ0n) is 16.3. The van der Waals surface area contributed by atoms with Gasteiger partial charge < -0.3 is 24.6 Å². The van der Waals surface area contributed by atoms with Crippen molar-refractivity contribution in [3.05, 3.63) is 23.8 Å². The smallest absolute Gasteiger partial charge is 0.317 e. The van der Waals surface area contributed by atoms with Crippen LogP contribution < -0.4 is 14.8 Å². The largest absolute Gasteiger partial charge is 0.493 e. The fraction of sp³-hybridized carbons (Fsp3) is 0.579. The number of hydrogen-bond donors (Lipinski definition) is 1. The van der Waals surface area contributed by atoms with Gasteiger partial charge in [0.15, 0.2) is 11.5 Å². The summed E-state index contributed by atoms with van der Waals surface area (Å²) >= 11 is 0. The molecule has 1 aliphatic rings. The molecule has 1 N–H and O–H groups in total. The molecule has 7 heteroatoms. The molecule has 1 saturated heterocycles. The second-order valence-corrected chi connectivity index (χ2v) is 7.11. The van der Waals surface area contributed by atoms with Gasteiger partial charge in [0.2, 0.25) is 5.91 Å². The first-order valence-electron chi connectivity index (χ1n) is 8.79. The SMILES string of the molecule is COc1ccc(C(C)(C)CNC(=O)N2CCN(C(C)=O)CC2)cc1OC. The van der Waals surface area contributed by atoms with E-state index in [4.69, 9.17) is 9.47 Å². The molecule has 3 amide bonds. The van der Waals surface area contributed by atoms with Crippen LogP contribution >= 0.6 is 0 Å². The maximum atomic E-state index is 12.4. The number of methoxy groups -OCH3 is 2. The van der Waals surface area contributed by atoms with Gasteiger partial charge in [-0.2, -0.15) is 0 Å². The quantitative estimate of drug-likeness (QED) is 0.867. The lowest BCUT2D eigenvalue weighted by molar-refractivity contribution is -0.130.